The number of aliphatic hydroxyl groups is 1. The van der Waals surface area contributed by atoms with Gasteiger partial charge in [-0.3, -0.25) is 4.79 Å². The number of rotatable bonds is 9. The standard InChI is InChI=1S/C27H35N3O4/c1-18-23-14-20(9-12-24(23)30(4)25(18)15-28-17-27(2,3)32)29-26(31)19-7-10-21(11-8-19)34-16-22-6-5-13-33-22/h7-12,14,22,28,32H,5-6,13,15-17H2,1-4H3,(H,29,31)/t22-/m0/s1. The van der Waals surface area contributed by atoms with Crippen LogP contribution < -0.4 is 15.4 Å². The van der Waals surface area contributed by atoms with Crippen molar-refractivity contribution in [2.45, 2.75) is 51.9 Å². The SMILES string of the molecule is Cc1c(CNCC(C)(C)O)n(C)c2ccc(NC(=O)c3ccc(OC[C@@H]4CCCO4)cc3)cc12. The maximum Gasteiger partial charge on any atom is 0.255 e. The van der Waals surface area contributed by atoms with Gasteiger partial charge in [-0.2, -0.15) is 0 Å². The average Bonchev–Trinajstić information content (AvgIpc) is 3.40. The maximum absolute atomic E-state index is 12.8. The van der Waals surface area contributed by atoms with E-state index in [9.17, 15) is 9.90 Å². The summed E-state index contributed by atoms with van der Waals surface area (Å²) >= 11 is 0. The topological polar surface area (TPSA) is 84.8 Å². The summed E-state index contributed by atoms with van der Waals surface area (Å²) in [5, 5.41) is 17.4. The van der Waals surface area contributed by atoms with Gasteiger partial charge in [0.15, 0.2) is 0 Å². The molecule has 0 spiro atoms. The molecule has 1 aliphatic rings. The predicted octanol–water partition coefficient (Wildman–Crippen LogP) is 4.16. The average molecular weight is 466 g/mol. The molecular formula is C27H35N3O4. The predicted molar refractivity (Wildman–Crippen MR) is 135 cm³/mol. The third-order valence-corrected chi connectivity index (χ3v) is 6.28. The van der Waals surface area contributed by atoms with Gasteiger partial charge in [0.2, 0.25) is 0 Å². The Bertz CT molecular complexity index is 1140. The first kappa shape index (κ1) is 24.3. The second-order valence-corrected chi connectivity index (χ2v) is 9.70. The lowest BCUT2D eigenvalue weighted by atomic mass is 10.1. The summed E-state index contributed by atoms with van der Waals surface area (Å²) in [6, 6.07) is 13.2. The zero-order chi connectivity index (χ0) is 24.3. The van der Waals surface area contributed by atoms with E-state index in [1.54, 1.807) is 26.0 Å². The highest BCUT2D eigenvalue weighted by molar-refractivity contribution is 6.05. The minimum Gasteiger partial charge on any atom is -0.491 e. The van der Waals surface area contributed by atoms with Crippen molar-refractivity contribution >= 4 is 22.5 Å². The van der Waals surface area contributed by atoms with Gasteiger partial charge in [0.1, 0.15) is 12.4 Å². The number of hydrogen-bond donors (Lipinski definition) is 3. The maximum atomic E-state index is 12.8. The van der Waals surface area contributed by atoms with Crippen molar-refractivity contribution < 1.29 is 19.4 Å². The van der Waals surface area contributed by atoms with Gasteiger partial charge in [0, 0.05) is 54.6 Å². The van der Waals surface area contributed by atoms with Gasteiger partial charge in [-0.05, 0) is 81.6 Å². The summed E-state index contributed by atoms with van der Waals surface area (Å²) in [7, 11) is 2.04. The van der Waals surface area contributed by atoms with Crippen LogP contribution in [-0.2, 0) is 18.3 Å². The van der Waals surface area contributed by atoms with Crippen molar-refractivity contribution in [2.24, 2.45) is 7.05 Å². The number of benzene rings is 2. The number of fused-ring (bicyclic) bond motifs is 1. The van der Waals surface area contributed by atoms with E-state index in [2.05, 4.69) is 22.1 Å². The van der Waals surface area contributed by atoms with Crippen molar-refractivity contribution in [2.75, 3.05) is 25.1 Å². The summed E-state index contributed by atoms with van der Waals surface area (Å²) in [6.45, 7) is 8.17. The number of hydrogen-bond acceptors (Lipinski definition) is 5. The highest BCUT2D eigenvalue weighted by Crippen LogP contribution is 2.28. The van der Waals surface area contributed by atoms with Gasteiger partial charge in [-0.25, -0.2) is 0 Å². The van der Waals surface area contributed by atoms with Crippen molar-refractivity contribution in [1.82, 2.24) is 9.88 Å². The zero-order valence-corrected chi connectivity index (χ0v) is 20.5. The number of nitrogens with zero attached hydrogens (tertiary/aromatic N) is 1. The van der Waals surface area contributed by atoms with Crippen LogP contribution in [0.2, 0.25) is 0 Å². The second kappa shape index (κ2) is 10.2. The van der Waals surface area contributed by atoms with E-state index in [-0.39, 0.29) is 12.0 Å². The zero-order valence-electron chi connectivity index (χ0n) is 20.5. The molecule has 1 atom stereocenters. The number of anilines is 1. The summed E-state index contributed by atoms with van der Waals surface area (Å²) in [6.07, 6.45) is 2.28. The molecule has 1 aromatic heterocycles. The van der Waals surface area contributed by atoms with Gasteiger partial charge in [0.05, 0.1) is 11.7 Å². The Labute approximate surface area is 201 Å². The number of nitrogens with one attached hydrogen (secondary N) is 2. The van der Waals surface area contributed by atoms with Gasteiger partial charge in [-0.1, -0.05) is 0 Å². The van der Waals surface area contributed by atoms with E-state index in [0.717, 1.165) is 53.0 Å². The highest BCUT2D eigenvalue weighted by Gasteiger charge is 2.17. The molecule has 2 heterocycles. The van der Waals surface area contributed by atoms with Crippen LogP contribution in [0, 0.1) is 6.92 Å². The van der Waals surface area contributed by atoms with Crippen LogP contribution in [0.3, 0.4) is 0 Å². The summed E-state index contributed by atoms with van der Waals surface area (Å²) in [5.74, 6) is 0.574. The van der Waals surface area contributed by atoms with Crippen LogP contribution in [-0.4, -0.2) is 47.0 Å². The highest BCUT2D eigenvalue weighted by atomic mass is 16.5. The lowest BCUT2D eigenvalue weighted by molar-refractivity contribution is 0.0679. The number of aromatic nitrogens is 1. The Balaban J connectivity index is 1.41. The fraction of sp³-hybridized carbons (Fsp3) is 0.444. The molecule has 2 aromatic carbocycles. The van der Waals surface area contributed by atoms with Crippen LogP contribution in [0.5, 0.6) is 5.75 Å². The summed E-state index contributed by atoms with van der Waals surface area (Å²) in [5.41, 5.74) is 3.98. The Hall–Kier alpha value is -2.87. The lowest BCUT2D eigenvalue weighted by Crippen LogP contribution is -2.34. The minimum atomic E-state index is -0.759. The molecule has 7 nitrogen and oxygen atoms in total. The fourth-order valence-corrected chi connectivity index (χ4v) is 4.37. The molecule has 1 aliphatic heterocycles. The monoisotopic (exact) mass is 465 g/mol. The van der Waals surface area contributed by atoms with E-state index < -0.39 is 5.60 Å². The van der Waals surface area contributed by atoms with Crippen LogP contribution in [0.1, 0.15) is 48.3 Å². The quantitative estimate of drug-likeness (QED) is 0.442. The van der Waals surface area contributed by atoms with E-state index in [1.807, 2.05) is 37.4 Å². The number of aryl methyl sites for hydroxylation is 2. The Kier molecular flexibility index (Phi) is 7.26. The fourth-order valence-electron chi connectivity index (χ4n) is 4.37. The van der Waals surface area contributed by atoms with E-state index >= 15 is 0 Å². The number of amides is 1. The minimum absolute atomic E-state index is 0.161. The molecule has 0 aliphatic carbocycles. The Morgan fingerprint density at radius 3 is 2.68 bits per heavy atom. The van der Waals surface area contributed by atoms with Gasteiger partial charge < -0.3 is 29.8 Å². The van der Waals surface area contributed by atoms with Crippen LogP contribution in [0.15, 0.2) is 42.5 Å². The first-order chi connectivity index (χ1) is 16.2. The molecule has 0 bridgehead atoms. The molecule has 3 N–H and O–H groups in total. The molecule has 7 heteroatoms. The molecule has 1 saturated heterocycles. The molecule has 182 valence electrons. The molecule has 34 heavy (non-hydrogen) atoms. The molecule has 3 aromatic rings. The largest absolute Gasteiger partial charge is 0.491 e. The van der Waals surface area contributed by atoms with Gasteiger partial charge >= 0.3 is 0 Å². The summed E-state index contributed by atoms with van der Waals surface area (Å²) in [4.78, 5) is 12.8. The molecule has 4 rings (SSSR count). The molecule has 1 fully saturated rings. The van der Waals surface area contributed by atoms with E-state index in [0.29, 0.717) is 25.3 Å². The third kappa shape index (κ3) is 5.78. The van der Waals surface area contributed by atoms with Gasteiger partial charge in [-0.15, -0.1) is 0 Å². The van der Waals surface area contributed by atoms with Crippen LogP contribution >= 0.6 is 0 Å². The first-order valence-corrected chi connectivity index (χ1v) is 11.9. The normalized spacial score (nSPS) is 16.2. The van der Waals surface area contributed by atoms with E-state index in [1.165, 1.54) is 0 Å². The molecule has 0 unspecified atom stereocenters. The molecule has 1 amide bonds. The molecular weight excluding hydrogens is 430 g/mol. The van der Waals surface area contributed by atoms with Crippen molar-refractivity contribution in [1.29, 1.82) is 0 Å². The Morgan fingerprint density at radius 1 is 1.24 bits per heavy atom. The third-order valence-electron chi connectivity index (χ3n) is 6.28. The summed E-state index contributed by atoms with van der Waals surface area (Å²) < 4.78 is 13.5. The number of carbonyl (C=O) groups excluding carboxylic acids is 1. The molecule has 0 radical (unpaired) electrons. The number of carbonyl (C=O) groups is 1. The van der Waals surface area contributed by atoms with Crippen molar-refractivity contribution in [3.8, 4) is 5.75 Å². The van der Waals surface area contributed by atoms with E-state index in [4.69, 9.17) is 9.47 Å². The number of ether oxygens (including phenoxy) is 2. The second-order valence-electron chi connectivity index (χ2n) is 9.70. The lowest BCUT2D eigenvalue weighted by Gasteiger charge is -2.18. The smallest absolute Gasteiger partial charge is 0.255 e. The van der Waals surface area contributed by atoms with Crippen LogP contribution in [0.4, 0.5) is 5.69 Å². The van der Waals surface area contributed by atoms with Crippen LogP contribution in [0.25, 0.3) is 10.9 Å². The van der Waals surface area contributed by atoms with Crippen molar-refractivity contribution in [3.05, 3.63) is 59.3 Å². The first-order valence-electron chi connectivity index (χ1n) is 11.9. The Morgan fingerprint density at radius 2 is 2.00 bits per heavy atom. The molecule has 0 saturated carbocycles. The van der Waals surface area contributed by atoms with Crippen molar-refractivity contribution in [3.63, 3.8) is 0 Å². The van der Waals surface area contributed by atoms with Gasteiger partial charge in [0.25, 0.3) is 5.91 Å².